The fraction of sp³-hybridized carbons (Fsp3) is 0.167. The summed E-state index contributed by atoms with van der Waals surface area (Å²) in [6.07, 6.45) is -2.22. The van der Waals surface area contributed by atoms with E-state index < -0.39 is 23.5 Å². The number of rotatable bonds is 3. The van der Waals surface area contributed by atoms with Crippen molar-refractivity contribution in [2.75, 3.05) is 7.11 Å². The van der Waals surface area contributed by atoms with Gasteiger partial charge in [0.15, 0.2) is 0 Å². The molecule has 1 aromatic carbocycles. The lowest BCUT2D eigenvalue weighted by Crippen LogP contribution is -2.12. The first-order valence-electron chi connectivity index (χ1n) is 4.82. The molecule has 0 aliphatic heterocycles. The van der Waals surface area contributed by atoms with Crippen LogP contribution >= 0.6 is 0 Å². The number of benzene rings is 1. The van der Waals surface area contributed by atoms with Gasteiger partial charge in [-0.25, -0.2) is 4.79 Å². The summed E-state index contributed by atoms with van der Waals surface area (Å²) in [5.74, 6) is -1.91. The molecule has 0 aromatic heterocycles. The molecule has 0 fully saturated rings. The van der Waals surface area contributed by atoms with Crippen LogP contribution in [0.2, 0.25) is 0 Å². The second-order valence-corrected chi connectivity index (χ2v) is 3.31. The summed E-state index contributed by atoms with van der Waals surface area (Å²) in [6, 6.07) is 4.18. The van der Waals surface area contributed by atoms with Crippen LogP contribution in [-0.4, -0.2) is 18.9 Å². The van der Waals surface area contributed by atoms with E-state index in [4.69, 9.17) is 0 Å². The molecule has 0 atom stereocenters. The van der Waals surface area contributed by atoms with Crippen LogP contribution in [0, 0.1) is 0 Å². The van der Waals surface area contributed by atoms with Gasteiger partial charge in [0.05, 0.1) is 12.7 Å². The fourth-order valence-electron chi connectivity index (χ4n) is 1.12. The summed E-state index contributed by atoms with van der Waals surface area (Å²) in [7, 11) is 1.06. The van der Waals surface area contributed by atoms with Crippen LogP contribution in [0.3, 0.4) is 0 Å². The summed E-state index contributed by atoms with van der Waals surface area (Å²) in [5, 5.41) is 0. The van der Waals surface area contributed by atoms with Crippen LogP contribution in [0.15, 0.2) is 30.3 Å². The summed E-state index contributed by atoms with van der Waals surface area (Å²) in [4.78, 5) is 21.8. The van der Waals surface area contributed by atoms with E-state index in [0.717, 1.165) is 25.3 Å². The topological polar surface area (TPSA) is 43.4 Å². The largest absolute Gasteiger partial charge is 0.463 e. The maximum absolute atomic E-state index is 12.3. The maximum Gasteiger partial charge on any atom is 0.416 e. The zero-order chi connectivity index (χ0) is 13.8. The molecule has 1 aromatic rings. The first kappa shape index (κ1) is 14.0. The standard InChI is InChI=1S/C12H9F3O3/c1-18-11(17)10(16)7-4-8-2-5-9(6-3-8)12(13,14)15/h2-7H,1H3/b7-4+. The zero-order valence-corrected chi connectivity index (χ0v) is 9.32. The van der Waals surface area contributed by atoms with Crippen molar-refractivity contribution in [3.8, 4) is 0 Å². The Kier molecular flexibility index (Phi) is 4.25. The van der Waals surface area contributed by atoms with Gasteiger partial charge in [0, 0.05) is 0 Å². The monoisotopic (exact) mass is 258 g/mol. The fourth-order valence-corrected chi connectivity index (χ4v) is 1.12. The predicted molar refractivity (Wildman–Crippen MR) is 57.5 cm³/mol. The Balaban J connectivity index is 2.79. The number of ether oxygens (including phenoxy) is 1. The Bertz CT molecular complexity index is 472. The first-order chi connectivity index (χ1) is 8.34. The van der Waals surface area contributed by atoms with Crippen LogP contribution in [0.5, 0.6) is 0 Å². The van der Waals surface area contributed by atoms with E-state index in [9.17, 15) is 22.8 Å². The minimum Gasteiger partial charge on any atom is -0.463 e. The number of carbonyl (C=O) groups is 2. The van der Waals surface area contributed by atoms with Crippen molar-refractivity contribution < 1.29 is 27.5 Å². The quantitative estimate of drug-likeness (QED) is 0.475. The normalized spacial score (nSPS) is 11.6. The highest BCUT2D eigenvalue weighted by molar-refractivity contribution is 6.39. The molecular formula is C12H9F3O3. The lowest BCUT2D eigenvalue weighted by atomic mass is 10.1. The lowest BCUT2D eigenvalue weighted by molar-refractivity contribution is -0.149. The highest BCUT2D eigenvalue weighted by Gasteiger charge is 2.29. The molecule has 3 nitrogen and oxygen atoms in total. The number of methoxy groups -OCH3 is 1. The molecule has 0 aliphatic rings. The molecular weight excluding hydrogens is 249 g/mol. The average Bonchev–Trinajstić information content (AvgIpc) is 2.34. The third-order valence-electron chi connectivity index (χ3n) is 2.05. The minimum atomic E-state index is -4.40. The second-order valence-electron chi connectivity index (χ2n) is 3.31. The minimum absolute atomic E-state index is 0.375. The third kappa shape index (κ3) is 3.73. The average molecular weight is 258 g/mol. The molecule has 0 heterocycles. The molecule has 0 radical (unpaired) electrons. The number of carbonyl (C=O) groups excluding carboxylic acids is 2. The molecule has 0 spiro atoms. The van der Waals surface area contributed by atoms with E-state index in [1.54, 1.807) is 0 Å². The van der Waals surface area contributed by atoms with Gasteiger partial charge in [0.25, 0.3) is 5.78 Å². The van der Waals surface area contributed by atoms with Gasteiger partial charge < -0.3 is 4.74 Å². The van der Waals surface area contributed by atoms with Gasteiger partial charge in [0.1, 0.15) is 0 Å². The number of esters is 1. The SMILES string of the molecule is COC(=O)C(=O)/C=C/c1ccc(C(F)(F)F)cc1. The van der Waals surface area contributed by atoms with E-state index >= 15 is 0 Å². The Hall–Kier alpha value is -2.11. The number of halogens is 3. The van der Waals surface area contributed by atoms with E-state index in [2.05, 4.69) is 4.74 Å². The van der Waals surface area contributed by atoms with Crippen LogP contribution in [-0.2, 0) is 20.5 Å². The second kappa shape index (κ2) is 5.48. The van der Waals surface area contributed by atoms with E-state index in [-0.39, 0.29) is 0 Å². The Labute approximate surface area is 101 Å². The smallest absolute Gasteiger partial charge is 0.416 e. The van der Waals surface area contributed by atoms with Crippen molar-refractivity contribution in [3.05, 3.63) is 41.5 Å². The van der Waals surface area contributed by atoms with Crippen molar-refractivity contribution in [1.29, 1.82) is 0 Å². The van der Waals surface area contributed by atoms with Crippen molar-refractivity contribution in [1.82, 2.24) is 0 Å². The van der Waals surface area contributed by atoms with Crippen molar-refractivity contribution in [2.45, 2.75) is 6.18 Å². The highest BCUT2D eigenvalue weighted by atomic mass is 19.4. The van der Waals surface area contributed by atoms with Gasteiger partial charge in [-0.15, -0.1) is 0 Å². The number of ketones is 1. The summed E-state index contributed by atoms with van der Waals surface area (Å²) >= 11 is 0. The van der Waals surface area contributed by atoms with E-state index in [1.807, 2.05) is 0 Å². The predicted octanol–water partition coefficient (Wildman–Crippen LogP) is 2.46. The number of alkyl halides is 3. The van der Waals surface area contributed by atoms with Crippen LogP contribution < -0.4 is 0 Å². The highest BCUT2D eigenvalue weighted by Crippen LogP contribution is 2.29. The molecule has 96 valence electrons. The molecule has 0 saturated heterocycles. The Morgan fingerprint density at radius 3 is 2.17 bits per heavy atom. The molecule has 1 rings (SSSR count). The van der Waals surface area contributed by atoms with Crippen molar-refractivity contribution in [3.63, 3.8) is 0 Å². The van der Waals surface area contributed by atoms with Crippen molar-refractivity contribution >= 4 is 17.8 Å². The van der Waals surface area contributed by atoms with Crippen LogP contribution in [0.1, 0.15) is 11.1 Å². The van der Waals surface area contributed by atoms with Gasteiger partial charge in [-0.05, 0) is 23.8 Å². The molecule has 0 bridgehead atoms. The summed E-state index contributed by atoms with van der Waals surface area (Å²) in [6.45, 7) is 0. The van der Waals surface area contributed by atoms with E-state index in [1.165, 1.54) is 18.2 Å². The molecule has 0 unspecified atom stereocenters. The molecule has 0 saturated carbocycles. The number of hydrogen-bond donors (Lipinski definition) is 0. The van der Waals surface area contributed by atoms with Gasteiger partial charge in [-0.1, -0.05) is 18.2 Å². The van der Waals surface area contributed by atoms with Crippen molar-refractivity contribution in [2.24, 2.45) is 0 Å². The van der Waals surface area contributed by atoms with Gasteiger partial charge in [0.2, 0.25) is 0 Å². The van der Waals surface area contributed by atoms with Gasteiger partial charge in [-0.2, -0.15) is 13.2 Å². The van der Waals surface area contributed by atoms with Crippen LogP contribution in [0.25, 0.3) is 6.08 Å². The number of hydrogen-bond acceptors (Lipinski definition) is 3. The van der Waals surface area contributed by atoms with Crippen LogP contribution in [0.4, 0.5) is 13.2 Å². The zero-order valence-electron chi connectivity index (χ0n) is 9.32. The molecule has 18 heavy (non-hydrogen) atoms. The van der Waals surface area contributed by atoms with Gasteiger partial charge in [-0.3, -0.25) is 4.79 Å². The molecule has 0 N–H and O–H groups in total. The van der Waals surface area contributed by atoms with E-state index in [0.29, 0.717) is 5.56 Å². The summed E-state index contributed by atoms with van der Waals surface area (Å²) < 4.78 is 40.9. The molecule has 6 heteroatoms. The molecule has 0 amide bonds. The summed E-state index contributed by atoms with van der Waals surface area (Å²) in [5.41, 5.74) is -0.404. The maximum atomic E-state index is 12.3. The Morgan fingerprint density at radius 2 is 1.72 bits per heavy atom. The Morgan fingerprint density at radius 1 is 1.17 bits per heavy atom. The molecule has 0 aliphatic carbocycles. The first-order valence-corrected chi connectivity index (χ1v) is 4.82. The third-order valence-corrected chi connectivity index (χ3v) is 2.05. The lowest BCUT2D eigenvalue weighted by Gasteiger charge is -2.05. The van der Waals surface area contributed by atoms with Gasteiger partial charge >= 0.3 is 12.1 Å².